The minimum Gasteiger partial charge on any atom is -0.480 e. The van der Waals surface area contributed by atoms with Crippen molar-refractivity contribution >= 4 is 11.9 Å². The molecule has 13 heavy (non-hydrogen) atoms. The summed E-state index contributed by atoms with van der Waals surface area (Å²) in [5.41, 5.74) is 0. The van der Waals surface area contributed by atoms with Gasteiger partial charge in [0, 0.05) is 6.92 Å². The molecule has 0 aromatic heterocycles. The van der Waals surface area contributed by atoms with Gasteiger partial charge in [-0.05, 0) is 26.4 Å². The van der Waals surface area contributed by atoms with Gasteiger partial charge < -0.3 is 15.7 Å². The first-order valence-corrected chi connectivity index (χ1v) is 4.22. The van der Waals surface area contributed by atoms with E-state index in [9.17, 15) is 9.59 Å². The highest BCUT2D eigenvalue weighted by Gasteiger charge is 2.16. The Labute approximate surface area is 77.5 Å². The Balaban J connectivity index is 3.81. The third-order valence-electron chi connectivity index (χ3n) is 1.60. The molecule has 76 valence electrons. The van der Waals surface area contributed by atoms with Gasteiger partial charge in [-0.2, -0.15) is 0 Å². The zero-order valence-corrected chi connectivity index (χ0v) is 7.96. The topological polar surface area (TPSA) is 78.4 Å². The molecule has 0 aliphatic rings. The van der Waals surface area contributed by atoms with Gasteiger partial charge in [-0.1, -0.05) is 0 Å². The Kier molecular flexibility index (Phi) is 5.88. The van der Waals surface area contributed by atoms with E-state index < -0.39 is 12.0 Å². The summed E-state index contributed by atoms with van der Waals surface area (Å²) in [7, 11) is 1.80. The molecule has 0 saturated heterocycles. The van der Waals surface area contributed by atoms with E-state index in [2.05, 4.69) is 10.6 Å². The van der Waals surface area contributed by atoms with E-state index in [0.29, 0.717) is 6.42 Å². The van der Waals surface area contributed by atoms with E-state index in [1.165, 1.54) is 6.92 Å². The summed E-state index contributed by atoms with van der Waals surface area (Å²) in [6, 6.07) is -0.758. The number of carbonyl (C=O) groups is 2. The molecule has 1 atom stereocenters. The number of aliphatic carboxylic acids is 1. The fraction of sp³-hybridized carbons (Fsp3) is 0.750. The molecule has 0 rings (SSSR count). The lowest BCUT2D eigenvalue weighted by atomic mass is 10.1. The average molecular weight is 188 g/mol. The van der Waals surface area contributed by atoms with Crippen LogP contribution in [0.15, 0.2) is 0 Å². The molecule has 0 bridgehead atoms. The molecule has 1 amide bonds. The molecular weight excluding hydrogens is 172 g/mol. The van der Waals surface area contributed by atoms with E-state index in [0.717, 1.165) is 13.0 Å². The summed E-state index contributed by atoms with van der Waals surface area (Å²) in [5.74, 6) is -1.29. The molecule has 0 heterocycles. The molecule has 0 saturated carbocycles. The highest BCUT2D eigenvalue weighted by atomic mass is 16.4. The summed E-state index contributed by atoms with van der Waals surface area (Å²) >= 11 is 0. The minimum absolute atomic E-state index is 0.308. The van der Waals surface area contributed by atoms with Gasteiger partial charge in [0.2, 0.25) is 5.91 Å². The molecule has 5 heteroatoms. The summed E-state index contributed by atoms with van der Waals surface area (Å²) < 4.78 is 0. The van der Waals surface area contributed by atoms with E-state index in [4.69, 9.17) is 5.11 Å². The number of amides is 1. The van der Waals surface area contributed by atoms with Crippen molar-refractivity contribution in [1.82, 2.24) is 10.6 Å². The first-order valence-electron chi connectivity index (χ1n) is 4.22. The zero-order chi connectivity index (χ0) is 10.3. The van der Waals surface area contributed by atoms with Crippen LogP contribution in [0.4, 0.5) is 0 Å². The van der Waals surface area contributed by atoms with Crippen LogP contribution in [0.3, 0.4) is 0 Å². The van der Waals surface area contributed by atoms with E-state index >= 15 is 0 Å². The minimum atomic E-state index is -0.980. The molecule has 0 fully saturated rings. The Morgan fingerprint density at radius 1 is 1.46 bits per heavy atom. The number of rotatable bonds is 6. The number of hydrogen-bond donors (Lipinski definition) is 3. The quantitative estimate of drug-likeness (QED) is 0.494. The molecule has 3 N–H and O–H groups in total. The predicted molar refractivity (Wildman–Crippen MR) is 48.4 cm³/mol. The van der Waals surface area contributed by atoms with Crippen LogP contribution in [0.25, 0.3) is 0 Å². The second-order valence-electron chi connectivity index (χ2n) is 2.84. The standard InChI is InChI=1S/C8H16N2O3/c1-6(11)10-7(8(12)13)4-3-5-9-2/h7,9H,3-5H2,1-2H3,(H,10,11)(H,12,13). The van der Waals surface area contributed by atoms with Gasteiger partial charge >= 0.3 is 5.97 Å². The smallest absolute Gasteiger partial charge is 0.326 e. The fourth-order valence-corrected chi connectivity index (χ4v) is 0.986. The van der Waals surface area contributed by atoms with Gasteiger partial charge in [-0.25, -0.2) is 4.79 Å². The highest BCUT2D eigenvalue weighted by Crippen LogP contribution is 1.96. The van der Waals surface area contributed by atoms with E-state index in [1.807, 2.05) is 0 Å². The van der Waals surface area contributed by atoms with Crippen LogP contribution in [0.2, 0.25) is 0 Å². The van der Waals surface area contributed by atoms with Gasteiger partial charge in [0.1, 0.15) is 6.04 Å². The van der Waals surface area contributed by atoms with Gasteiger partial charge in [0.25, 0.3) is 0 Å². The van der Waals surface area contributed by atoms with Crippen molar-refractivity contribution in [2.24, 2.45) is 0 Å². The largest absolute Gasteiger partial charge is 0.480 e. The molecule has 0 aliphatic heterocycles. The molecule has 0 aliphatic carbocycles. The molecule has 0 aromatic rings. The number of hydrogen-bond acceptors (Lipinski definition) is 3. The second kappa shape index (κ2) is 6.42. The lowest BCUT2D eigenvalue weighted by Crippen LogP contribution is -2.39. The van der Waals surface area contributed by atoms with Crippen LogP contribution in [-0.2, 0) is 9.59 Å². The Hall–Kier alpha value is -1.10. The number of carboxylic acid groups (broad SMARTS) is 1. The van der Waals surface area contributed by atoms with E-state index in [-0.39, 0.29) is 5.91 Å². The van der Waals surface area contributed by atoms with E-state index in [1.54, 1.807) is 7.05 Å². The third kappa shape index (κ3) is 6.10. The van der Waals surface area contributed by atoms with Crippen LogP contribution in [0.5, 0.6) is 0 Å². The summed E-state index contributed by atoms with van der Waals surface area (Å²) in [6.45, 7) is 2.07. The monoisotopic (exact) mass is 188 g/mol. The summed E-state index contributed by atoms with van der Waals surface area (Å²) in [4.78, 5) is 21.2. The highest BCUT2D eigenvalue weighted by molar-refractivity contribution is 5.81. The van der Waals surface area contributed by atoms with Gasteiger partial charge in [0.05, 0.1) is 0 Å². The van der Waals surface area contributed by atoms with Gasteiger partial charge in [-0.15, -0.1) is 0 Å². The molecule has 0 spiro atoms. The summed E-state index contributed by atoms with van der Waals surface area (Å²) in [6.07, 6.45) is 1.18. The third-order valence-corrected chi connectivity index (χ3v) is 1.60. The second-order valence-corrected chi connectivity index (χ2v) is 2.84. The van der Waals surface area contributed by atoms with Crippen molar-refractivity contribution in [2.45, 2.75) is 25.8 Å². The zero-order valence-electron chi connectivity index (χ0n) is 7.96. The molecule has 0 aromatic carbocycles. The summed E-state index contributed by atoms with van der Waals surface area (Å²) in [5, 5.41) is 14.0. The fourth-order valence-electron chi connectivity index (χ4n) is 0.986. The van der Waals surface area contributed by atoms with Crippen LogP contribution in [-0.4, -0.2) is 36.6 Å². The van der Waals surface area contributed by atoms with Gasteiger partial charge in [-0.3, -0.25) is 4.79 Å². The van der Waals surface area contributed by atoms with Crippen LogP contribution in [0.1, 0.15) is 19.8 Å². The maximum Gasteiger partial charge on any atom is 0.326 e. The van der Waals surface area contributed by atoms with Crippen molar-refractivity contribution in [3.63, 3.8) is 0 Å². The lowest BCUT2D eigenvalue weighted by molar-refractivity contribution is -0.141. The van der Waals surface area contributed by atoms with Crippen molar-refractivity contribution < 1.29 is 14.7 Å². The Bertz CT molecular complexity index is 182. The molecule has 5 nitrogen and oxygen atoms in total. The molecule has 1 unspecified atom stereocenters. The van der Waals surface area contributed by atoms with Crippen molar-refractivity contribution in [1.29, 1.82) is 0 Å². The van der Waals surface area contributed by atoms with Crippen LogP contribution >= 0.6 is 0 Å². The van der Waals surface area contributed by atoms with Crippen LogP contribution in [0, 0.1) is 0 Å². The lowest BCUT2D eigenvalue weighted by Gasteiger charge is -2.12. The SMILES string of the molecule is CNCCCC(NC(C)=O)C(=O)O. The number of carbonyl (C=O) groups excluding carboxylic acids is 1. The number of carboxylic acids is 1. The maximum absolute atomic E-state index is 10.6. The van der Waals surface area contributed by atoms with Crippen LogP contribution < -0.4 is 10.6 Å². The van der Waals surface area contributed by atoms with Crippen molar-refractivity contribution in [3.8, 4) is 0 Å². The van der Waals surface area contributed by atoms with Crippen molar-refractivity contribution in [2.75, 3.05) is 13.6 Å². The maximum atomic E-state index is 10.6. The normalized spacial score (nSPS) is 12.2. The predicted octanol–water partition coefficient (Wildman–Crippen LogP) is -0.425. The van der Waals surface area contributed by atoms with Gasteiger partial charge in [0.15, 0.2) is 0 Å². The molecular formula is C8H16N2O3. The first kappa shape index (κ1) is 11.9. The van der Waals surface area contributed by atoms with Crippen molar-refractivity contribution in [3.05, 3.63) is 0 Å². The first-order chi connectivity index (χ1) is 6.07. The average Bonchev–Trinajstić information content (AvgIpc) is 2.02. The number of nitrogens with one attached hydrogen (secondary N) is 2. The Morgan fingerprint density at radius 2 is 2.08 bits per heavy atom. The Morgan fingerprint density at radius 3 is 2.46 bits per heavy atom. The molecule has 0 radical (unpaired) electrons.